The fourth-order valence-corrected chi connectivity index (χ4v) is 1.85. The zero-order valence-electron chi connectivity index (χ0n) is 10.2. The Morgan fingerprint density at radius 3 is 2.72 bits per heavy atom. The lowest BCUT2D eigenvalue weighted by atomic mass is 10.1. The smallest absolute Gasteiger partial charge is 0.238 e. The summed E-state index contributed by atoms with van der Waals surface area (Å²) >= 11 is 0. The van der Waals surface area contributed by atoms with Gasteiger partial charge in [0.1, 0.15) is 0 Å². The molecular formula is C13H18N2O3. The summed E-state index contributed by atoms with van der Waals surface area (Å²) in [5, 5.41) is 0. The van der Waals surface area contributed by atoms with Crippen molar-refractivity contribution in [2.45, 2.75) is 25.6 Å². The van der Waals surface area contributed by atoms with Crippen molar-refractivity contribution in [3.63, 3.8) is 0 Å². The van der Waals surface area contributed by atoms with Crippen molar-refractivity contribution in [1.29, 1.82) is 0 Å². The summed E-state index contributed by atoms with van der Waals surface area (Å²) in [7, 11) is 0. The van der Waals surface area contributed by atoms with E-state index in [-0.39, 0.29) is 12.0 Å². The molecule has 1 aromatic carbocycles. The highest BCUT2D eigenvalue weighted by Gasteiger charge is 2.15. The van der Waals surface area contributed by atoms with Crippen molar-refractivity contribution in [3.8, 4) is 0 Å². The van der Waals surface area contributed by atoms with E-state index in [1.807, 2.05) is 24.3 Å². The molecule has 0 aromatic heterocycles. The molecule has 5 heteroatoms. The van der Waals surface area contributed by atoms with E-state index in [0.29, 0.717) is 19.6 Å². The Bertz CT molecular complexity index is 386. The van der Waals surface area contributed by atoms with Gasteiger partial charge in [-0.15, -0.1) is 0 Å². The van der Waals surface area contributed by atoms with Gasteiger partial charge in [-0.25, -0.2) is 5.84 Å². The maximum atomic E-state index is 11.1. The lowest BCUT2D eigenvalue weighted by Crippen LogP contribution is -2.31. The molecule has 1 unspecified atom stereocenters. The van der Waals surface area contributed by atoms with Gasteiger partial charge in [0, 0.05) is 6.61 Å². The molecule has 1 aromatic rings. The molecule has 98 valence electrons. The SMILES string of the molecule is NNC(=O)Cc1ccc(COC2CCOC2)cc1. The highest BCUT2D eigenvalue weighted by Crippen LogP contribution is 2.12. The Labute approximate surface area is 106 Å². The molecule has 1 heterocycles. The van der Waals surface area contributed by atoms with E-state index in [0.717, 1.165) is 24.2 Å². The molecule has 1 aliphatic heterocycles. The Kier molecular flexibility index (Phi) is 4.69. The van der Waals surface area contributed by atoms with E-state index in [9.17, 15) is 4.79 Å². The molecule has 5 nitrogen and oxygen atoms in total. The van der Waals surface area contributed by atoms with Gasteiger partial charge in [0.25, 0.3) is 0 Å². The summed E-state index contributed by atoms with van der Waals surface area (Å²) in [5.41, 5.74) is 4.14. The molecular weight excluding hydrogens is 232 g/mol. The summed E-state index contributed by atoms with van der Waals surface area (Å²) in [6.45, 7) is 2.06. The van der Waals surface area contributed by atoms with Crippen LogP contribution in [0.2, 0.25) is 0 Å². The fraction of sp³-hybridized carbons (Fsp3) is 0.462. The van der Waals surface area contributed by atoms with Crippen LogP contribution in [0.3, 0.4) is 0 Å². The standard InChI is InChI=1S/C13H18N2O3/c14-15-13(16)7-10-1-3-11(4-2-10)8-18-12-5-6-17-9-12/h1-4,12H,5-9,14H2,(H,15,16). The first kappa shape index (κ1) is 13.0. The monoisotopic (exact) mass is 250 g/mol. The number of rotatable bonds is 5. The van der Waals surface area contributed by atoms with Crippen LogP contribution in [0.5, 0.6) is 0 Å². The number of benzene rings is 1. The number of carbonyl (C=O) groups is 1. The molecule has 0 saturated carbocycles. The van der Waals surface area contributed by atoms with Crippen molar-refractivity contribution in [2.24, 2.45) is 5.84 Å². The first-order valence-corrected chi connectivity index (χ1v) is 6.04. The van der Waals surface area contributed by atoms with Crippen molar-refractivity contribution in [3.05, 3.63) is 35.4 Å². The maximum absolute atomic E-state index is 11.1. The topological polar surface area (TPSA) is 73.6 Å². The number of amides is 1. The van der Waals surface area contributed by atoms with E-state index >= 15 is 0 Å². The Hall–Kier alpha value is -1.43. The van der Waals surface area contributed by atoms with E-state index in [2.05, 4.69) is 5.43 Å². The quantitative estimate of drug-likeness (QED) is 0.454. The van der Waals surface area contributed by atoms with Crippen LogP contribution in [0.15, 0.2) is 24.3 Å². The number of hydrogen-bond donors (Lipinski definition) is 2. The van der Waals surface area contributed by atoms with Gasteiger partial charge in [0.2, 0.25) is 5.91 Å². The maximum Gasteiger partial charge on any atom is 0.238 e. The summed E-state index contributed by atoms with van der Waals surface area (Å²) in [6, 6.07) is 7.77. The third kappa shape index (κ3) is 3.80. The number of nitrogens with one attached hydrogen (secondary N) is 1. The van der Waals surface area contributed by atoms with E-state index in [4.69, 9.17) is 15.3 Å². The summed E-state index contributed by atoms with van der Waals surface area (Å²) in [6.07, 6.45) is 1.48. The molecule has 1 saturated heterocycles. The van der Waals surface area contributed by atoms with Crippen LogP contribution in [0.1, 0.15) is 17.5 Å². The van der Waals surface area contributed by atoms with Crippen LogP contribution in [-0.2, 0) is 27.3 Å². The normalized spacial score (nSPS) is 18.8. The molecule has 0 aliphatic carbocycles. The van der Waals surface area contributed by atoms with E-state index in [1.54, 1.807) is 0 Å². The third-order valence-corrected chi connectivity index (χ3v) is 2.92. The number of ether oxygens (including phenoxy) is 2. The molecule has 1 fully saturated rings. The molecule has 2 rings (SSSR count). The average molecular weight is 250 g/mol. The zero-order valence-corrected chi connectivity index (χ0v) is 10.2. The molecule has 1 atom stereocenters. The van der Waals surface area contributed by atoms with Gasteiger partial charge in [-0.2, -0.15) is 0 Å². The van der Waals surface area contributed by atoms with Crippen molar-refractivity contribution >= 4 is 5.91 Å². The third-order valence-electron chi connectivity index (χ3n) is 2.92. The van der Waals surface area contributed by atoms with Crippen LogP contribution >= 0.6 is 0 Å². The van der Waals surface area contributed by atoms with Crippen LogP contribution < -0.4 is 11.3 Å². The van der Waals surface area contributed by atoms with Crippen molar-refractivity contribution in [2.75, 3.05) is 13.2 Å². The number of nitrogens with two attached hydrogens (primary N) is 1. The predicted octanol–water partition coefficient (Wildman–Crippen LogP) is 0.524. The largest absolute Gasteiger partial charge is 0.379 e. The molecule has 1 aliphatic rings. The summed E-state index contributed by atoms with van der Waals surface area (Å²) < 4.78 is 10.9. The summed E-state index contributed by atoms with van der Waals surface area (Å²) in [4.78, 5) is 11.1. The van der Waals surface area contributed by atoms with Crippen LogP contribution in [0.25, 0.3) is 0 Å². The van der Waals surface area contributed by atoms with E-state index < -0.39 is 0 Å². The van der Waals surface area contributed by atoms with Gasteiger partial charge in [-0.1, -0.05) is 24.3 Å². The molecule has 18 heavy (non-hydrogen) atoms. The lowest BCUT2D eigenvalue weighted by Gasteiger charge is -2.10. The van der Waals surface area contributed by atoms with Gasteiger partial charge < -0.3 is 9.47 Å². The van der Waals surface area contributed by atoms with Gasteiger partial charge in [0.05, 0.1) is 25.7 Å². The fourth-order valence-electron chi connectivity index (χ4n) is 1.85. The Balaban J connectivity index is 1.81. The highest BCUT2D eigenvalue weighted by atomic mass is 16.5. The Morgan fingerprint density at radius 2 is 2.11 bits per heavy atom. The number of hydrogen-bond acceptors (Lipinski definition) is 4. The second-order valence-electron chi connectivity index (χ2n) is 4.36. The molecule has 0 radical (unpaired) electrons. The highest BCUT2D eigenvalue weighted by molar-refractivity contribution is 5.77. The molecule has 0 bridgehead atoms. The summed E-state index contributed by atoms with van der Waals surface area (Å²) in [5.74, 6) is 4.84. The Morgan fingerprint density at radius 1 is 1.39 bits per heavy atom. The minimum Gasteiger partial charge on any atom is -0.379 e. The van der Waals surface area contributed by atoms with Crippen LogP contribution in [0.4, 0.5) is 0 Å². The first-order chi connectivity index (χ1) is 8.78. The van der Waals surface area contributed by atoms with Gasteiger partial charge in [-0.05, 0) is 17.5 Å². The molecule has 1 amide bonds. The van der Waals surface area contributed by atoms with Gasteiger partial charge in [-0.3, -0.25) is 10.2 Å². The van der Waals surface area contributed by atoms with Crippen LogP contribution in [-0.4, -0.2) is 25.2 Å². The predicted molar refractivity (Wildman–Crippen MR) is 66.5 cm³/mol. The molecule has 3 N–H and O–H groups in total. The van der Waals surface area contributed by atoms with Crippen LogP contribution in [0, 0.1) is 0 Å². The van der Waals surface area contributed by atoms with Crippen molar-refractivity contribution < 1.29 is 14.3 Å². The minimum atomic E-state index is -0.192. The molecule has 0 spiro atoms. The van der Waals surface area contributed by atoms with Gasteiger partial charge in [0.15, 0.2) is 0 Å². The number of carbonyl (C=O) groups excluding carboxylic acids is 1. The minimum absolute atomic E-state index is 0.192. The lowest BCUT2D eigenvalue weighted by molar-refractivity contribution is -0.120. The average Bonchev–Trinajstić information content (AvgIpc) is 2.91. The second kappa shape index (κ2) is 6.49. The zero-order chi connectivity index (χ0) is 12.8. The van der Waals surface area contributed by atoms with Gasteiger partial charge >= 0.3 is 0 Å². The van der Waals surface area contributed by atoms with Crippen molar-refractivity contribution in [1.82, 2.24) is 5.43 Å². The first-order valence-electron chi connectivity index (χ1n) is 6.04. The van der Waals surface area contributed by atoms with E-state index in [1.165, 1.54) is 0 Å². The number of hydrazine groups is 1. The second-order valence-corrected chi connectivity index (χ2v) is 4.36.